The smallest absolute Gasteiger partial charge is 0.274 e. The Bertz CT molecular complexity index is 1750. The summed E-state index contributed by atoms with van der Waals surface area (Å²) in [6.45, 7) is 0.749. The van der Waals surface area contributed by atoms with Crippen molar-refractivity contribution in [2.45, 2.75) is 37.3 Å². The molecule has 3 fully saturated rings. The molecule has 8 nitrogen and oxygen atoms in total. The summed E-state index contributed by atoms with van der Waals surface area (Å²) in [6, 6.07) is 14.2. The molecule has 1 saturated heterocycles. The molecule has 0 radical (unpaired) electrons. The number of hydrogen-bond donors (Lipinski definition) is 2. The minimum Gasteiger partial charge on any atom is -0.391 e. The Labute approximate surface area is 234 Å². The number of benzene rings is 2. The molecule has 204 valence electrons. The molecule has 2 aromatic carbocycles. The van der Waals surface area contributed by atoms with Gasteiger partial charge in [0, 0.05) is 37.1 Å². The van der Waals surface area contributed by atoms with E-state index in [2.05, 4.69) is 31.2 Å². The summed E-state index contributed by atoms with van der Waals surface area (Å²) in [6.07, 6.45) is 7.73. The highest BCUT2D eigenvalue weighted by atomic mass is 19.1. The van der Waals surface area contributed by atoms with E-state index in [1.165, 1.54) is 18.3 Å². The molecule has 1 unspecified atom stereocenters. The zero-order valence-electron chi connectivity index (χ0n) is 21.8. The summed E-state index contributed by atoms with van der Waals surface area (Å²) in [4.78, 5) is 28.0. The Balaban J connectivity index is 1.28. The molecule has 2 aromatic heterocycles. The monoisotopic (exact) mass is 550 g/mol. The van der Waals surface area contributed by atoms with Crippen LogP contribution in [-0.4, -0.2) is 44.2 Å². The third kappa shape index (κ3) is 4.21. The van der Waals surface area contributed by atoms with E-state index in [1.54, 1.807) is 30.6 Å². The lowest BCUT2D eigenvalue weighted by molar-refractivity contribution is 0.102. The van der Waals surface area contributed by atoms with Gasteiger partial charge in [-0.1, -0.05) is 12.1 Å². The molecule has 7 rings (SSSR count). The van der Waals surface area contributed by atoms with Crippen molar-refractivity contribution in [3.63, 3.8) is 0 Å². The lowest BCUT2D eigenvalue weighted by atomic mass is 10.0. The molecule has 41 heavy (non-hydrogen) atoms. The number of amides is 1. The normalized spacial score (nSPS) is 21.6. The Morgan fingerprint density at radius 1 is 1.12 bits per heavy atom. The molecular weight excluding hydrogens is 526 g/mol. The van der Waals surface area contributed by atoms with Crippen molar-refractivity contribution in [3.05, 3.63) is 90.0 Å². The highest BCUT2D eigenvalue weighted by Crippen LogP contribution is 2.66. The largest absolute Gasteiger partial charge is 0.391 e. The van der Waals surface area contributed by atoms with Gasteiger partial charge in [0.1, 0.15) is 17.3 Å². The van der Waals surface area contributed by atoms with Gasteiger partial charge in [-0.05, 0) is 66.6 Å². The van der Waals surface area contributed by atoms with Crippen molar-refractivity contribution in [2.75, 3.05) is 16.8 Å². The first-order chi connectivity index (χ1) is 19.8. The van der Waals surface area contributed by atoms with E-state index in [4.69, 9.17) is 0 Å². The number of carbonyl (C=O) groups excluding carboxylic acids is 1. The van der Waals surface area contributed by atoms with Crippen molar-refractivity contribution < 1.29 is 18.7 Å². The van der Waals surface area contributed by atoms with Crippen molar-refractivity contribution in [1.29, 1.82) is 5.26 Å². The maximum Gasteiger partial charge on any atom is 0.274 e. The van der Waals surface area contributed by atoms with Crippen LogP contribution in [0.25, 0.3) is 22.5 Å². The zero-order valence-corrected chi connectivity index (χ0v) is 21.8. The Morgan fingerprint density at radius 2 is 1.90 bits per heavy atom. The highest BCUT2D eigenvalue weighted by Gasteiger charge is 2.69. The molecule has 2 saturated carbocycles. The molecule has 3 heterocycles. The second kappa shape index (κ2) is 9.14. The molecule has 2 atom stereocenters. The van der Waals surface area contributed by atoms with Crippen LogP contribution in [0.3, 0.4) is 0 Å². The molecule has 3 aliphatic rings. The third-order valence-corrected chi connectivity index (χ3v) is 8.54. The first kappa shape index (κ1) is 25.2. The predicted octanol–water partition coefficient (Wildman–Crippen LogP) is 5.10. The molecule has 10 heteroatoms. The van der Waals surface area contributed by atoms with Crippen LogP contribution in [0.15, 0.2) is 67.1 Å². The van der Waals surface area contributed by atoms with E-state index in [9.17, 15) is 23.9 Å². The topological polar surface area (TPSA) is 115 Å². The van der Waals surface area contributed by atoms with Gasteiger partial charge in [-0.25, -0.2) is 18.7 Å². The molecule has 2 spiro atoms. The SMILES string of the molecule is N#Cc1ccncc1-c1ccc(NC(=O)c2ccnc(-c3c(F)cccc3F)n2)c(N2CC3(CC3)CC23C[C@@H]3O)c1. The number of nitriles is 1. The molecule has 1 aliphatic heterocycles. The maximum absolute atomic E-state index is 14.4. The average Bonchev–Trinajstić information content (AvgIpc) is 3.85. The summed E-state index contributed by atoms with van der Waals surface area (Å²) in [5, 5.41) is 23.3. The predicted molar refractivity (Wildman–Crippen MR) is 147 cm³/mol. The van der Waals surface area contributed by atoms with E-state index in [-0.39, 0.29) is 16.9 Å². The van der Waals surface area contributed by atoms with Crippen LogP contribution in [0.4, 0.5) is 20.2 Å². The first-order valence-corrected chi connectivity index (χ1v) is 13.4. The van der Waals surface area contributed by atoms with Crippen LogP contribution in [0.1, 0.15) is 41.7 Å². The number of aromatic nitrogens is 3. The number of aliphatic hydroxyl groups is 1. The molecule has 2 N–H and O–H groups in total. The molecule has 2 aliphatic carbocycles. The molecule has 4 aromatic rings. The Morgan fingerprint density at radius 3 is 2.61 bits per heavy atom. The van der Waals surface area contributed by atoms with Crippen LogP contribution in [0.2, 0.25) is 0 Å². The fourth-order valence-corrected chi connectivity index (χ4v) is 6.14. The summed E-state index contributed by atoms with van der Waals surface area (Å²) >= 11 is 0. The van der Waals surface area contributed by atoms with Gasteiger partial charge in [0.15, 0.2) is 5.82 Å². The standard InChI is InChI=1S/C31H24F2N6O2/c32-21-2-1-3-22(33)27(21)28-36-11-7-24(37-28)29(41)38-23-5-4-18(20-15-35-10-6-19(20)14-34)12-25(23)39-17-30(8-9-30)16-31(39)13-26(31)40/h1-7,10-12,15,26,40H,8-9,13,16-17H2,(H,38,41)/t26-,31?/m0/s1. The number of aliphatic hydroxyl groups excluding tert-OH is 1. The van der Waals surface area contributed by atoms with Crippen molar-refractivity contribution in [1.82, 2.24) is 15.0 Å². The number of halogens is 2. The number of rotatable bonds is 5. The van der Waals surface area contributed by atoms with Crippen LogP contribution in [-0.2, 0) is 0 Å². The van der Waals surface area contributed by atoms with Gasteiger partial charge < -0.3 is 15.3 Å². The number of nitrogens with one attached hydrogen (secondary N) is 1. The van der Waals surface area contributed by atoms with Gasteiger partial charge in [0.25, 0.3) is 5.91 Å². The van der Waals surface area contributed by atoms with Crippen molar-refractivity contribution >= 4 is 17.3 Å². The van der Waals surface area contributed by atoms with Crippen molar-refractivity contribution in [3.8, 4) is 28.6 Å². The number of pyridine rings is 1. The fourth-order valence-electron chi connectivity index (χ4n) is 6.14. The van der Waals surface area contributed by atoms with E-state index in [0.717, 1.165) is 49.2 Å². The molecule has 0 bridgehead atoms. The highest BCUT2D eigenvalue weighted by molar-refractivity contribution is 6.05. The van der Waals surface area contributed by atoms with E-state index in [1.807, 2.05) is 6.07 Å². The molecular formula is C31H24F2N6O2. The van der Waals surface area contributed by atoms with Gasteiger partial charge in [0.2, 0.25) is 0 Å². The number of nitrogens with zero attached hydrogens (tertiary/aromatic N) is 5. The number of hydrogen-bond acceptors (Lipinski definition) is 7. The van der Waals surface area contributed by atoms with E-state index >= 15 is 0 Å². The lowest BCUT2D eigenvalue weighted by Crippen LogP contribution is -2.35. The van der Waals surface area contributed by atoms with Gasteiger partial charge in [-0.2, -0.15) is 5.26 Å². The van der Waals surface area contributed by atoms with Crippen LogP contribution < -0.4 is 10.2 Å². The minimum absolute atomic E-state index is 0.0621. The van der Waals surface area contributed by atoms with Crippen molar-refractivity contribution in [2.24, 2.45) is 5.41 Å². The quantitative estimate of drug-likeness (QED) is 0.355. The summed E-state index contributed by atoms with van der Waals surface area (Å²) in [5.74, 6) is -2.48. The van der Waals surface area contributed by atoms with E-state index < -0.39 is 34.7 Å². The number of carbonyl (C=O) groups is 1. The van der Waals surface area contributed by atoms with Gasteiger partial charge in [-0.3, -0.25) is 9.78 Å². The second-order valence-electron chi connectivity index (χ2n) is 11.2. The first-order valence-electron chi connectivity index (χ1n) is 13.4. The van der Waals surface area contributed by atoms with Gasteiger partial charge in [0.05, 0.1) is 40.2 Å². The summed E-state index contributed by atoms with van der Waals surface area (Å²) in [7, 11) is 0. The average molecular weight is 551 g/mol. The Kier molecular flexibility index (Phi) is 5.63. The number of anilines is 2. The molecule has 1 amide bonds. The van der Waals surface area contributed by atoms with Crippen LogP contribution >= 0.6 is 0 Å². The Hall–Kier alpha value is -4.75. The summed E-state index contributed by atoms with van der Waals surface area (Å²) < 4.78 is 28.8. The summed E-state index contributed by atoms with van der Waals surface area (Å²) in [5.41, 5.74) is 2.39. The van der Waals surface area contributed by atoms with Crippen LogP contribution in [0, 0.1) is 28.4 Å². The zero-order chi connectivity index (χ0) is 28.4. The van der Waals surface area contributed by atoms with Gasteiger partial charge >= 0.3 is 0 Å². The minimum atomic E-state index is -0.830. The fraction of sp³-hybridized carbons (Fsp3) is 0.258. The van der Waals surface area contributed by atoms with E-state index in [0.29, 0.717) is 23.2 Å². The third-order valence-electron chi connectivity index (χ3n) is 8.54. The lowest BCUT2D eigenvalue weighted by Gasteiger charge is -2.30. The maximum atomic E-state index is 14.4. The van der Waals surface area contributed by atoms with Gasteiger partial charge in [-0.15, -0.1) is 0 Å². The van der Waals surface area contributed by atoms with Crippen LogP contribution in [0.5, 0.6) is 0 Å². The second-order valence-corrected chi connectivity index (χ2v) is 11.2.